The van der Waals surface area contributed by atoms with Crippen LogP contribution in [0.3, 0.4) is 0 Å². The van der Waals surface area contributed by atoms with Gasteiger partial charge in [0, 0.05) is 23.3 Å². The van der Waals surface area contributed by atoms with E-state index >= 15 is 0 Å². The maximum Gasteiger partial charge on any atom is 0.416 e. The van der Waals surface area contributed by atoms with Crippen LogP contribution in [0.4, 0.5) is 13.2 Å². The van der Waals surface area contributed by atoms with E-state index in [1.807, 2.05) is 29.0 Å². The fourth-order valence-corrected chi connectivity index (χ4v) is 3.68. The third-order valence-corrected chi connectivity index (χ3v) is 5.03. The van der Waals surface area contributed by atoms with Crippen molar-refractivity contribution in [2.24, 2.45) is 0 Å². The van der Waals surface area contributed by atoms with Crippen LogP contribution in [-0.4, -0.2) is 19.3 Å². The van der Waals surface area contributed by atoms with Crippen LogP contribution in [-0.2, 0) is 12.7 Å². The Balaban J connectivity index is 0.00000205. The molecular weight excluding hydrogens is 424 g/mol. The fraction of sp³-hybridized carbons (Fsp3) is 0.100. The van der Waals surface area contributed by atoms with E-state index in [-0.39, 0.29) is 12.4 Å². The first-order valence-electron chi connectivity index (χ1n) is 8.49. The number of rotatable bonds is 1. The summed E-state index contributed by atoms with van der Waals surface area (Å²) >= 11 is 6.22. The molecular formula is C20H13Cl2F3N4. The summed E-state index contributed by atoms with van der Waals surface area (Å²) in [5.41, 5.74) is 2.15. The predicted octanol–water partition coefficient (Wildman–Crippen LogP) is 5.86. The van der Waals surface area contributed by atoms with Crippen LogP contribution in [0.25, 0.3) is 28.6 Å². The monoisotopic (exact) mass is 436 g/mol. The molecule has 3 heterocycles. The Morgan fingerprint density at radius 2 is 1.72 bits per heavy atom. The number of halogens is 5. The molecule has 0 aliphatic carbocycles. The van der Waals surface area contributed by atoms with E-state index in [1.165, 1.54) is 6.07 Å². The molecule has 4 nitrogen and oxygen atoms in total. The van der Waals surface area contributed by atoms with Crippen molar-refractivity contribution < 1.29 is 13.2 Å². The van der Waals surface area contributed by atoms with Gasteiger partial charge in [0.2, 0.25) is 0 Å². The summed E-state index contributed by atoms with van der Waals surface area (Å²) in [6.45, 7) is 0.597. The number of fused-ring (bicyclic) bond motifs is 5. The minimum atomic E-state index is -4.44. The molecule has 0 amide bonds. The molecule has 0 atom stereocenters. The highest BCUT2D eigenvalue weighted by molar-refractivity contribution is 6.30. The van der Waals surface area contributed by atoms with E-state index in [4.69, 9.17) is 11.6 Å². The van der Waals surface area contributed by atoms with Crippen molar-refractivity contribution in [1.82, 2.24) is 19.3 Å². The second-order valence-electron chi connectivity index (χ2n) is 6.56. The van der Waals surface area contributed by atoms with Crippen molar-refractivity contribution >= 4 is 24.0 Å². The van der Waals surface area contributed by atoms with Crippen molar-refractivity contribution in [3.63, 3.8) is 0 Å². The summed E-state index contributed by atoms with van der Waals surface area (Å²) in [5.74, 6) is 0.887. The second-order valence-corrected chi connectivity index (χ2v) is 6.99. The molecule has 0 radical (unpaired) electrons. The van der Waals surface area contributed by atoms with Gasteiger partial charge in [-0.05, 0) is 42.0 Å². The highest BCUT2D eigenvalue weighted by atomic mass is 35.5. The van der Waals surface area contributed by atoms with E-state index in [1.54, 1.807) is 22.8 Å². The number of benzene rings is 2. The molecule has 29 heavy (non-hydrogen) atoms. The Labute approximate surface area is 175 Å². The molecule has 4 aromatic rings. The van der Waals surface area contributed by atoms with Gasteiger partial charge in [0.25, 0.3) is 0 Å². The maximum atomic E-state index is 13.2. The van der Waals surface area contributed by atoms with E-state index in [0.717, 1.165) is 29.1 Å². The summed E-state index contributed by atoms with van der Waals surface area (Å²) < 4.78 is 43.4. The molecule has 0 fully saturated rings. The topological polar surface area (TPSA) is 35.6 Å². The minimum absolute atomic E-state index is 0. The zero-order chi connectivity index (χ0) is 19.5. The van der Waals surface area contributed by atoms with E-state index in [0.29, 0.717) is 28.8 Å². The van der Waals surface area contributed by atoms with E-state index in [2.05, 4.69) is 10.2 Å². The van der Waals surface area contributed by atoms with Crippen LogP contribution < -0.4 is 0 Å². The van der Waals surface area contributed by atoms with Crippen LogP contribution in [0.2, 0.25) is 5.02 Å². The third kappa shape index (κ3) is 3.20. The predicted molar refractivity (Wildman–Crippen MR) is 107 cm³/mol. The Kier molecular flexibility index (Phi) is 4.67. The Morgan fingerprint density at radius 1 is 0.931 bits per heavy atom. The first kappa shape index (κ1) is 19.5. The highest BCUT2D eigenvalue weighted by Gasteiger charge is 2.31. The zero-order valence-corrected chi connectivity index (χ0v) is 16.3. The van der Waals surface area contributed by atoms with Gasteiger partial charge < -0.3 is 4.57 Å². The van der Waals surface area contributed by atoms with Gasteiger partial charge in [-0.2, -0.15) is 13.2 Å². The van der Waals surface area contributed by atoms with E-state index < -0.39 is 11.7 Å². The summed E-state index contributed by atoms with van der Waals surface area (Å²) in [6.07, 6.45) is -2.50. The highest BCUT2D eigenvalue weighted by Crippen LogP contribution is 2.37. The van der Waals surface area contributed by atoms with Crippen LogP contribution in [0.15, 0.2) is 60.8 Å². The lowest BCUT2D eigenvalue weighted by Crippen LogP contribution is -2.06. The maximum absolute atomic E-state index is 13.2. The number of alkyl halides is 3. The standard InChI is InChI=1S/C20H12ClF3N4.ClH/c21-15-7-6-13-11-27-8-2-5-16(27)19-26-25-18(28(19)17(13)10-15)12-3-1-4-14(9-12)20(22,23)24;/h1-10H,11H2;1H. The van der Waals surface area contributed by atoms with Crippen LogP contribution in [0, 0.1) is 0 Å². The molecule has 0 saturated carbocycles. The summed E-state index contributed by atoms with van der Waals surface area (Å²) in [4.78, 5) is 0. The lowest BCUT2D eigenvalue weighted by atomic mass is 10.1. The van der Waals surface area contributed by atoms with Crippen LogP contribution in [0.5, 0.6) is 0 Å². The zero-order valence-electron chi connectivity index (χ0n) is 14.7. The fourth-order valence-electron chi connectivity index (χ4n) is 3.52. The second kappa shape index (κ2) is 6.93. The smallest absolute Gasteiger partial charge is 0.340 e. The number of aromatic nitrogens is 4. The number of nitrogens with zero attached hydrogens (tertiary/aromatic N) is 4. The Bertz CT molecular complexity index is 1210. The van der Waals surface area contributed by atoms with Gasteiger partial charge in [-0.1, -0.05) is 29.8 Å². The van der Waals surface area contributed by atoms with Gasteiger partial charge in [0.1, 0.15) is 0 Å². The van der Waals surface area contributed by atoms with Gasteiger partial charge in [0.05, 0.1) is 16.9 Å². The molecule has 1 aliphatic rings. The first-order valence-corrected chi connectivity index (χ1v) is 8.87. The molecule has 5 rings (SSSR count). The minimum Gasteiger partial charge on any atom is -0.340 e. The molecule has 148 valence electrons. The van der Waals surface area contributed by atoms with Crippen molar-refractivity contribution in [3.8, 4) is 28.6 Å². The van der Waals surface area contributed by atoms with Crippen molar-refractivity contribution in [2.75, 3.05) is 0 Å². The van der Waals surface area contributed by atoms with Gasteiger partial charge in [-0.15, -0.1) is 22.6 Å². The average Bonchev–Trinajstić information content (AvgIpc) is 3.27. The molecule has 0 N–H and O–H groups in total. The summed E-state index contributed by atoms with van der Waals surface area (Å²) in [5, 5.41) is 9.05. The molecule has 0 unspecified atom stereocenters. The first-order chi connectivity index (χ1) is 13.4. The summed E-state index contributed by atoms with van der Waals surface area (Å²) in [6, 6.07) is 14.4. The average molecular weight is 437 g/mol. The normalized spacial score (nSPS) is 12.4. The molecule has 0 spiro atoms. The van der Waals surface area contributed by atoms with Crippen LogP contribution >= 0.6 is 24.0 Å². The number of hydrogen-bond acceptors (Lipinski definition) is 2. The van der Waals surface area contributed by atoms with Gasteiger partial charge in [-0.25, -0.2) is 0 Å². The van der Waals surface area contributed by atoms with Gasteiger partial charge >= 0.3 is 6.18 Å². The molecule has 2 aromatic carbocycles. The largest absolute Gasteiger partial charge is 0.416 e. The van der Waals surface area contributed by atoms with Crippen molar-refractivity contribution in [3.05, 3.63) is 76.9 Å². The van der Waals surface area contributed by atoms with Crippen LogP contribution in [0.1, 0.15) is 11.1 Å². The lowest BCUT2D eigenvalue weighted by molar-refractivity contribution is -0.137. The SMILES string of the molecule is Cl.FC(F)(F)c1cccc(-c2nnc3n2-c2cc(Cl)ccc2Cn2cccc2-3)c1. The molecule has 9 heteroatoms. The molecule has 0 saturated heterocycles. The Morgan fingerprint density at radius 3 is 2.52 bits per heavy atom. The lowest BCUT2D eigenvalue weighted by Gasteiger charge is -2.13. The number of hydrogen-bond donors (Lipinski definition) is 0. The Hall–Kier alpha value is -2.77. The van der Waals surface area contributed by atoms with Gasteiger partial charge in [0.15, 0.2) is 11.6 Å². The third-order valence-electron chi connectivity index (χ3n) is 4.80. The van der Waals surface area contributed by atoms with Crippen molar-refractivity contribution in [2.45, 2.75) is 12.7 Å². The molecule has 2 aromatic heterocycles. The molecule has 1 aliphatic heterocycles. The van der Waals surface area contributed by atoms with Gasteiger partial charge in [-0.3, -0.25) is 4.57 Å². The summed E-state index contributed by atoms with van der Waals surface area (Å²) in [7, 11) is 0. The quantitative estimate of drug-likeness (QED) is 0.330. The van der Waals surface area contributed by atoms with Crippen molar-refractivity contribution in [1.29, 1.82) is 0 Å². The molecule has 0 bridgehead atoms. The van der Waals surface area contributed by atoms with E-state index in [9.17, 15) is 13.2 Å².